The van der Waals surface area contributed by atoms with Gasteiger partial charge in [-0.05, 0) is 28.7 Å². The van der Waals surface area contributed by atoms with Crippen LogP contribution in [0.4, 0.5) is 4.79 Å². The van der Waals surface area contributed by atoms with Gasteiger partial charge in [-0.15, -0.1) is 0 Å². The smallest absolute Gasteiger partial charge is 0.356 e. The van der Waals surface area contributed by atoms with Crippen molar-refractivity contribution in [2.24, 2.45) is 0 Å². The molecule has 0 saturated heterocycles. The average molecular weight is 550 g/mol. The van der Waals surface area contributed by atoms with Crippen LogP contribution < -0.4 is 10.8 Å². The van der Waals surface area contributed by atoms with Gasteiger partial charge in [0.05, 0.1) is 0 Å². The summed E-state index contributed by atoms with van der Waals surface area (Å²) in [5.41, 5.74) is 6.43. The monoisotopic (exact) mass is 549 g/mol. The van der Waals surface area contributed by atoms with E-state index in [1.807, 2.05) is 97.1 Å². The zero-order valence-corrected chi connectivity index (χ0v) is 22.9. The lowest BCUT2D eigenvalue weighted by molar-refractivity contribution is -0.132. The molecule has 2 N–H and O–H groups in total. The molecular formula is C34H35N3O4. The van der Waals surface area contributed by atoms with Gasteiger partial charge in [0.1, 0.15) is 0 Å². The number of carbonyl (C=O) groups excluding carboxylic acids is 3. The number of hydrogen-bond donors (Lipinski definition) is 2. The number of hydrogen-bond acceptors (Lipinski definition) is 4. The van der Waals surface area contributed by atoms with E-state index in [1.165, 1.54) is 16.0 Å². The van der Waals surface area contributed by atoms with E-state index in [0.29, 0.717) is 19.6 Å². The molecular weight excluding hydrogens is 514 g/mol. The number of rotatable bonds is 12. The molecule has 0 saturated carbocycles. The Kier molecular flexibility index (Phi) is 11.1. The van der Waals surface area contributed by atoms with Crippen molar-refractivity contribution in [1.29, 1.82) is 0 Å². The predicted molar refractivity (Wildman–Crippen MR) is 158 cm³/mol. The van der Waals surface area contributed by atoms with Gasteiger partial charge >= 0.3 is 6.09 Å². The molecule has 3 amide bonds. The standard InChI is InChI=1S/C34H35N3O4/c38-32(35-24-23-31(29-17-9-3-10-18-29)30-19-11-4-12-20-30)21-22-33(39)36-41-34(40)37(25-27-13-5-1-6-14-27)26-28-15-7-2-8-16-28/h1-20,31H,21-26H2,(H,35,38)(H,36,39). The molecule has 4 aromatic carbocycles. The quantitative estimate of drug-likeness (QED) is 0.213. The van der Waals surface area contributed by atoms with E-state index >= 15 is 0 Å². The Labute approximate surface area is 241 Å². The second kappa shape index (κ2) is 15.6. The highest BCUT2D eigenvalue weighted by Gasteiger charge is 2.19. The first-order valence-electron chi connectivity index (χ1n) is 13.8. The summed E-state index contributed by atoms with van der Waals surface area (Å²) in [5, 5.41) is 2.91. The van der Waals surface area contributed by atoms with Gasteiger partial charge in [0.15, 0.2) is 0 Å². The van der Waals surface area contributed by atoms with E-state index in [4.69, 9.17) is 4.84 Å². The average Bonchev–Trinajstić information content (AvgIpc) is 3.02. The van der Waals surface area contributed by atoms with Crippen LogP contribution in [-0.2, 0) is 27.5 Å². The van der Waals surface area contributed by atoms with Crippen molar-refractivity contribution in [2.75, 3.05) is 6.54 Å². The van der Waals surface area contributed by atoms with Crippen molar-refractivity contribution in [3.63, 3.8) is 0 Å². The molecule has 7 nitrogen and oxygen atoms in total. The van der Waals surface area contributed by atoms with Gasteiger partial charge in [-0.1, -0.05) is 121 Å². The zero-order valence-electron chi connectivity index (χ0n) is 22.9. The van der Waals surface area contributed by atoms with Crippen molar-refractivity contribution in [3.8, 4) is 0 Å². The molecule has 0 bridgehead atoms. The van der Waals surface area contributed by atoms with Crippen molar-refractivity contribution in [2.45, 2.75) is 38.3 Å². The first-order valence-corrected chi connectivity index (χ1v) is 13.8. The van der Waals surface area contributed by atoms with Crippen LogP contribution in [0.15, 0.2) is 121 Å². The Morgan fingerprint density at radius 1 is 0.610 bits per heavy atom. The number of carbonyl (C=O) groups is 3. The third-order valence-corrected chi connectivity index (χ3v) is 6.68. The molecule has 41 heavy (non-hydrogen) atoms. The molecule has 0 aliphatic heterocycles. The van der Waals surface area contributed by atoms with Crippen LogP contribution in [0.25, 0.3) is 0 Å². The van der Waals surface area contributed by atoms with Gasteiger partial charge in [-0.25, -0.2) is 4.79 Å². The van der Waals surface area contributed by atoms with Gasteiger partial charge in [-0.2, -0.15) is 5.48 Å². The Balaban J connectivity index is 1.22. The predicted octanol–water partition coefficient (Wildman–Crippen LogP) is 5.98. The minimum atomic E-state index is -0.677. The van der Waals surface area contributed by atoms with Gasteiger partial charge in [-0.3, -0.25) is 14.5 Å². The van der Waals surface area contributed by atoms with E-state index in [9.17, 15) is 14.4 Å². The SMILES string of the molecule is O=C(CCC(=O)NOC(=O)N(Cc1ccccc1)Cc1ccccc1)NCCC(c1ccccc1)c1ccccc1. The minimum Gasteiger partial charge on any atom is -0.356 e. The summed E-state index contributed by atoms with van der Waals surface area (Å²) in [6, 6.07) is 39.5. The van der Waals surface area contributed by atoms with Crippen molar-refractivity contribution >= 4 is 17.9 Å². The molecule has 0 heterocycles. The Hall–Kier alpha value is -4.91. The fraction of sp³-hybridized carbons (Fsp3) is 0.206. The van der Waals surface area contributed by atoms with Gasteiger partial charge in [0.2, 0.25) is 5.91 Å². The molecule has 0 radical (unpaired) electrons. The van der Waals surface area contributed by atoms with Crippen molar-refractivity contribution in [1.82, 2.24) is 15.7 Å². The third-order valence-electron chi connectivity index (χ3n) is 6.68. The summed E-state index contributed by atoms with van der Waals surface area (Å²) >= 11 is 0. The Bertz CT molecular complexity index is 1290. The van der Waals surface area contributed by atoms with Crippen LogP contribution in [0.5, 0.6) is 0 Å². The van der Waals surface area contributed by atoms with Gasteiger partial charge in [0, 0.05) is 38.4 Å². The summed E-state index contributed by atoms with van der Waals surface area (Å²) in [7, 11) is 0. The van der Waals surface area contributed by atoms with E-state index in [0.717, 1.165) is 17.5 Å². The van der Waals surface area contributed by atoms with Crippen molar-refractivity contribution in [3.05, 3.63) is 144 Å². The molecule has 0 atom stereocenters. The summed E-state index contributed by atoms with van der Waals surface area (Å²) in [4.78, 5) is 44.3. The molecule has 0 aliphatic rings. The molecule has 7 heteroatoms. The summed E-state index contributed by atoms with van der Waals surface area (Å²) < 4.78 is 0. The maximum Gasteiger partial charge on any atom is 0.434 e. The maximum absolute atomic E-state index is 12.8. The fourth-order valence-corrected chi connectivity index (χ4v) is 4.58. The highest BCUT2D eigenvalue weighted by Crippen LogP contribution is 2.27. The third kappa shape index (κ3) is 9.65. The number of nitrogens with zero attached hydrogens (tertiary/aromatic N) is 1. The van der Waals surface area contributed by atoms with E-state index in [1.54, 1.807) is 0 Å². The lowest BCUT2D eigenvalue weighted by Crippen LogP contribution is -2.37. The van der Waals surface area contributed by atoms with Gasteiger partial charge < -0.3 is 10.2 Å². The first kappa shape index (κ1) is 29.1. The van der Waals surface area contributed by atoms with Crippen LogP contribution in [0.2, 0.25) is 0 Å². The normalized spacial score (nSPS) is 10.6. The lowest BCUT2D eigenvalue weighted by Gasteiger charge is -2.22. The topological polar surface area (TPSA) is 87.7 Å². The summed E-state index contributed by atoms with van der Waals surface area (Å²) in [6.45, 7) is 1.11. The first-order chi connectivity index (χ1) is 20.1. The van der Waals surface area contributed by atoms with Crippen LogP contribution in [0.1, 0.15) is 47.4 Å². The number of nitrogens with one attached hydrogen (secondary N) is 2. The Morgan fingerprint density at radius 3 is 1.54 bits per heavy atom. The van der Waals surface area contributed by atoms with Crippen LogP contribution in [0.3, 0.4) is 0 Å². The highest BCUT2D eigenvalue weighted by atomic mass is 16.7. The molecule has 210 valence electrons. The number of benzene rings is 4. The van der Waals surface area contributed by atoms with E-state index < -0.39 is 12.0 Å². The number of amides is 3. The molecule has 0 unspecified atom stereocenters. The summed E-state index contributed by atoms with van der Waals surface area (Å²) in [6.07, 6.45) is -0.0643. The lowest BCUT2D eigenvalue weighted by atomic mass is 9.88. The molecule has 0 aromatic heterocycles. The van der Waals surface area contributed by atoms with Crippen molar-refractivity contribution < 1.29 is 19.2 Å². The Morgan fingerprint density at radius 2 is 1.05 bits per heavy atom. The van der Waals surface area contributed by atoms with Crippen LogP contribution >= 0.6 is 0 Å². The van der Waals surface area contributed by atoms with Crippen LogP contribution in [0, 0.1) is 0 Å². The maximum atomic E-state index is 12.8. The minimum absolute atomic E-state index is 0.0114. The van der Waals surface area contributed by atoms with E-state index in [-0.39, 0.29) is 24.7 Å². The molecule has 0 aliphatic carbocycles. The molecule has 4 aromatic rings. The fourth-order valence-electron chi connectivity index (χ4n) is 4.58. The van der Waals surface area contributed by atoms with Gasteiger partial charge in [0.25, 0.3) is 5.91 Å². The highest BCUT2D eigenvalue weighted by molar-refractivity contribution is 5.84. The van der Waals surface area contributed by atoms with Crippen LogP contribution in [-0.4, -0.2) is 29.4 Å². The molecule has 0 fully saturated rings. The summed E-state index contributed by atoms with van der Waals surface area (Å²) in [5.74, 6) is -0.629. The number of hydroxylamine groups is 1. The molecule has 0 spiro atoms. The second-order valence-corrected chi connectivity index (χ2v) is 9.73. The van der Waals surface area contributed by atoms with E-state index in [2.05, 4.69) is 35.1 Å². The largest absolute Gasteiger partial charge is 0.434 e. The second-order valence-electron chi connectivity index (χ2n) is 9.73. The zero-order chi connectivity index (χ0) is 28.7. The molecule has 4 rings (SSSR count).